The van der Waals surface area contributed by atoms with Crippen LogP contribution in [-0.2, 0) is 95.0 Å². The minimum atomic E-state index is -3.28. The number of carbonyl (C=O) groups excluding carboxylic acids is 4. The first-order valence-corrected chi connectivity index (χ1v) is 33.7. The quantitative estimate of drug-likeness (QED) is 0.0331. The average Bonchev–Trinajstić information content (AvgIpc) is 0.754. The molecule has 8 aliphatic rings. The van der Waals surface area contributed by atoms with Gasteiger partial charge in [0, 0.05) is 34.1 Å². The molecular weight excluding hydrogens is 1470 g/mol. The van der Waals surface area contributed by atoms with Crippen LogP contribution in [0.4, 0.5) is 0 Å². The van der Waals surface area contributed by atoms with Crippen LogP contribution in [0, 0.1) is 0 Å². The number of carboxylic acid groups (broad SMARTS) is 1. The fourth-order valence-corrected chi connectivity index (χ4v) is 13.7. The first kappa shape index (κ1) is 88.4. The number of rotatable bonds is 29. The lowest BCUT2D eigenvalue weighted by Gasteiger charge is -2.51. The molecule has 41 atom stereocenters. The van der Waals surface area contributed by atoms with Crippen LogP contribution in [0.3, 0.4) is 0 Å². The van der Waals surface area contributed by atoms with Gasteiger partial charge in [0.2, 0.25) is 23.6 Å². The Morgan fingerprint density at radius 3 is 1.23 bits per heavy atom. The summed E-state index contributed by atoms with van der Waals surface area (Å²) in [7, 11) is 0. The molecule has 0 aromatic rings. The Morgan fingerprint density at radius 2 is 0.757 bits per heavy atom. The monoisotopic (exact) mass is 1570 g/mol. The van der Waals surface area contributed by atoms with E-state index in [9.17, 15) is 147 Å². The van der Waals surface area contributed by atoms with Gasteiger partial charge >= 0.3 is 5.97 Å². The van der Waals surface area contributed by atoms with Gasteiger partial charge in [0.25, 0.3) is 5.79 Å². The number of carboxylic acids is 1. The minimum absolute atomic E-state index is 0.771. The Morgan fingerprint density at radius 1 is 0.383 bits per heavy atom. The van der Waals surface area contributed by atoms with Crippen LogP contribution in [0.25, 0.3) is 0 Å². The van der Waals surface area contributed by atoms with Crippen molar-refractivity contribution >= 4 is 29.6 Å². The van der Waals surface area contributed by atoms with E-state index in [-0.39, 0.29) is 0 Å². The Hall–Kier alpha value is -4.17. The molecule has 8 aliphatic heterocycles. The lowest BCUT2D eigenvalue weighted by atomic mass is 9.88. The van der Waals surface area contributed by atoms with E-state index >= 15 is 0 Å². The highest BCUT2D eigenvalue weighted by molar-refractivity contribution is 5.77. The maximum Gasteiger partial charge on any atom is 0.364 e. The summed E-state index contributed by atoms with van der Waals surface area (Å²) in [5.41, 5.74) is 0. The zero-order chi connectivity index (χ0) is 79.3. The van der Waals surface area contributed by atoms with Gasteiger partial charge in [-0.1, -0.05) is 0 Å². The lowest BCUT2D eigenvalue weighted by molar-refractivity contribution is -0.400. The second-order valence-corrected chi connectivity index (χ2v) is 26.8. The number of aliphatic hydroxyl groups is 23. The Kier molecular flexibility index (Phi) is 31.5. The summed E-state index contributed by atoms with van der Waals surface area (Å²) in [5.74, 6) is -8.99. The van der Waals surface area contributed by atoms with E-state index in [1.54, 1.807) is 0 Å². The molecule has 8 saturated heterocycles. The molecular formula is C59H98N4O44. The van der Waals surface area contributed by atoms with Crippen LogP contribution < -0.4 is 21.3 Å². The predicted octanol–water partition coefficient (Wildman–Crippen LogP) is -18.7. The van der Waals surface area contributed by atoms with Gasteiger partial charge in [0.15, 0.2) is 44.0 Å². The van der Waals surface area contributed by atoms with E-state index < -0.39 is 340 Å². The molecule has 0 saturated carbocycles. The van der Waals surface area contributed by atoms with Gasteiger partial charge in [-0.15, -0.1) is 0 Å². The molecule has 0 radical (unpaired) electrons. The molecule has 0 aromatic carbocycles. The molecule has 0 spiro atoms. The third-order valence-corrected chi connectivity index (χ3v) is 19.2. The molecule has 618 valence electrons. The highest BCUT2D eigenvalue weighted by Crippen LogP contribution is 2.41. The molecule has 8 heterocycles. The second kappa shape index (κ2) is 38.1. The van der Waals surface area contributed by atoms with Crippen LogP contribution in [0.5, 0.6) is 0 Å². The summed E-state index contributed by atoms with van der Waals surface area (Å²) in [4.78, 5) is 63.3. The zero-order valence-corrected chi connectivity index (χ0v) is 57.4. The normalized spacial score (nSPS) is 46.9. The van der Waals surface area contributed by atoms with Crippen molar-refractivity contribution in [3.63, 3.8) is 0 Å². The van der Waals surface area contributed by atoms with Crippen molar-refractivity contribution in [2.24, 2.45) is 0 Å². The molecule has 107 heavy (non-hydrogen) atoms. The van der Waals surface area contributed by atoms with Crippen molar-refractivity contribution in [3.8, 4) is 0 Å². The van der Waals surface area contributed by atoms with E-state index in [0.29, 0.717) is 0 Å². The van der Waals surface area contributed by atoms with Gasteiger partial charge < -0.3 is 215 Å². The summed E-state index contributed by atoms with van der Waals surface area (Å²) in [5, 5.41) is 274. The number of hydrogen-bond donors (Lipinski definition) is 28. The number of nitrogens with one attached hydrogen (secondary N) is 4. The number of hydrogen-bond acceptors (Lipinski definition) is 43. The van der Waals surface area contributed by atoms with Crippen LogP contribution in [0.2, 0.25) is 0 Å². The molecule has 0 aliphatic carbocycles. The molecule has 28 N–H and O–H groups in total. The van der Waals surface area contributed by atoms with Gasteiger partial charge in [-0.25, -0.2) is 4.79 Å². The number of carbonyl (C=O) groups is 5. The van der Waals surface area contributed by atoms with Crippen LogP contribution in [0.15, 0.2) is 0 Å². The van der Waals surface area contributed by atoms with Crippen LogP contribution in [0.1, 0.15) is 34.1 Å². The molecule has 1 unspecified atom stereocenters. The maximum absolute atomic E-state index is 13.2. The maximum atomic E-state index is 13.2. The third kappa shape index (κ3) is 19.6. The summed E-state index contributed by atoms with van der Waals surface area (Å²) in [6.45, 7) is -5.15. The van der Waals surface area contributed by atoms with Gasteiger partial charge in [0.1, 0.15) is 189 Å². The average molecular weight is 1570 g/mol. The van der Waals surface area contributed by atoms with Crippen molar-refractivity contribution in [1.82, 2.24) is 21.3 Å². The fourth-order valence-electron chi connectivity index (χ4n) is 13.7. The van der Waals surface area contributed by atoms with Gasteiger partial charge in [-0.05, 0) is 0 Å². The summed E-state index contributed by atoms with van der Waals surface area (Å²) < 4.78 is 87.7. The van der Waals surface area contributed by atoms with Crippen molar-refractivity contribution in [2.45, 2.75) is 285 Å². The minimum Gasteiger partial charge on any atom is -0.477 e. The largest absolute Gasteiger partial charge is 0.477 e. The first-order valence-electron chi connectivity index (χ1n) is 33.7. The van der Waals surface area contributed by atoms with Gasteiger partial charge in [-0.3, -0.25) is 19.2 Å². The van der Waals surface area contributed by atoms with Crippen molar-refractivity contribution in [3.05, 3.63) is 0 Å². The highest BCUT2D eigenvalue weighted by atomic mass is 16.8. The second-order valence-electron chi connectivity index (χ2n) is 26.8. The molecule has 4 amide bonds. The van der Waals surface area contributed by atoms with E-state index in [2.05, 4.69) is 21.3 Å². The SMILES string of the molecule is CC(=O)N[C@H]1[C@H](O[C@H]2[C@H](O)[C@@H](NC(C)=O)C(O)O[C@@H]2CO)O[C@H](CO)[C@@H](O[C@@H]2O[C@H](CO[C@H]3O[C@H](CO)[C@@H](O)[C@H](O)[C@@H]3O)[C@@H](O)[C@H](O[C@H]3O[C@H](CO)[C@@H](O)[C@H](O)[C@@H]3O[C@@H]3O[C@H](CO)[C@@H](O[C@@H]4O[C@H](CO)[C@H](O)[C@H](O[C@]5(C(=O)O)C[C@H](O)[C@@H](NC(C)=O)[C@H]([C@H](O)[C@H](O)CO)O5)[C@H]4O)[C@H](O)[C@H]3NC(C)=O)[C@@H]2O)[C@@H]1O. The molecule has 0 bridgehead atoms. The van der Waals surface area contributed by atoms with Crippen molar-refractivity contribution in [2.75, 3.05) is 52.9 Å². The van der Waals surface area contributed by atoms with Gasteiger partial charge in [-0.2, -0.15) is 0 Å². The molecule has 8 fully saturated rings. The molecule has 0 aromatic heterocycles. The molecule has 48 heteroatoms. The zero-order valence-electron chi connectivity index (χ0n) is 57.4. The van der Waals surface area contributed by atoms with Crippen LogP contribution in [-0.4, -0.2) is 456 Å². The number of ether oxygens (including phenoxy) is 15. The van der Waals surface area contributed by atoms with E-state index in [1.807, 2.05) is 0 Å². The van der Waals surface area contributed by atoms with E-state index in [4.69, 9.17) is 71.1 Å². The van der Waals surface area contributed by atoms with Crippen molar-refractivity contribution in [1.29, 1.82) is 0 Å². The van der Waals surface area contributed by atoms with E-state index in [1.165, 1.54) is 0 Å². The summed E-state index contributed by atoms with van der Waals surface area (Å²) in [6, 6.07) is -7.29. The molecule has 48 nitrogen and oxygen atoms in total. The lowest BCUT2D eigenvalue weighted by Crippen LogP contribution is -2.71. The molecule has 8 rings (SSSR count). The summed E-state index contributed by atoms with van der Waals surface area (Å²) >= 11 is 0. The Labute approximate surface area is 605 Å². The fraction of sp³-hybridized carbons (Fsp3) is 0.915. The Bertz CT molecular complexity index is 2870. The third-order valence-electron chi connectivity index (χ3n) is 19.2. The van der Waals surface area contributed by atoms with Crippen LogP contribution >= 0.6 is 0 Å². The topological polar surface area (TPSA) is 757 Å². The number of aliphatic carboxylic acids is 1. The highest BCUT2D eigenvalue weighted by Gasteiger charge is 2.63. The number of aliphatic hydroxyl groups excluding tert-OH is 23. The van der Waals surface area contributed by atoms with Gasteiger partial charge in [0.05, 0.1) is 65.0 Å². The van der Waals surface area contributed by atoms with E-state index in [0.717, 1.165) is 27.7 Å². The number of amides is 4. The van der Waals surface area contributed by atoms with Crippen molar-refractivity contribution < 1.29 is 218 Å². The smallest absolute Gasteiger partial charge is 0.364 e. The predicted molar refractivity (Wildman–Crippen MR) is 328 cm³/mol. The first-order chi connectivity index (χ1) is 50.4. The summed E-state index contributed by atoms with van der Waals surface area (Å²) in [6.07, 6.45) is -78.1. The Balaban J connectivity index is 1.09. The standard InChI is InChI=1S/C59H98N4O44/c1-14(71)60-27-18(75)5-59(58(91)92,106-47(27)31(77)19(76)6-64)107-49-34(80)22(9-67)96-56(43(49)89)103-46-25(12-70)99-53(30(38(46)84)63-17(4)74)105-50-40(86)33(79)21(8-66)97-57(50)104-48-35(81)26(13-93-54-41(87)39(85)32(78)20(7-65)95-54)100-55(42(48)88)102-45-24(11-69)98-52(29(37(45)83)62-16(3)73)101-44-23(10-68)94-51(90)28(36(44)82)61-15(2)72/h18-57,64-70,75-90H,5-13H2,1-4H3,(H,60,71)(H,61,72)(H,62,73)(H,63,74)(H,91,92)/t18-,19+,20+,21+,22+,23+,24+,25+,26+,27+,28+,29+,30+,31+,32+,33+,34-,35+,36+,37+,38+,39-,40-,41-,42-,43+,44+,45+,46+,47+,48-,49-,50-,51?,52-,53-,54-,55-,56-,57+,59-/m0/s1.